The van der Waals surface area contributed by atoms with Crippen LogP contribution in [-0.4, -0.2) is 52.7 Å². The zero-order valence-corrected chi connectivity index (χ0v) is 17.8. The number of carbonyl (C=O) groups excluding carboxylic acids is 2. The molecule has 0 fully saturated rings. The normalized spacial score (nSPS) is 12.3. The summed E-state index contributed by atoms with van der Waals surface area (Å²) in [5.74, 6) is 4.62. The molecule has 0 saturated heterocycles. The third-order valence-electron chi connectivity index (χ3n) is 4.41. The van der Waals surface area contributed by atoms with Crippen LogP contribution >= 0.6 is 0 Å². The summed E-state index contributed by atoms with van der Waals surface area (Å²) in [7, 11) is 0. The molecule has 0 atom stereocenters. The number of rotatable bonds is 12. The van der Waals surface area contributed by atoms with Gasteiger partial charge >= 0.3 is 12.8 Å². The molecule has 0 aliphatic rings. The minimum atomic E-state index is -4.40. The summed E-state index contributed by atoms with van der Waals surface area (Å²) in [5.41, 5.74) is 6.99. The van der Waals surface area contributed by atoms with Crippen LogP contribution in [0.1, 0.15) is 24.2 Å². The molecule has 0 aliphatic heterocycles. The largest absolute Gasteiger partial charge is 0.403 e. The van der Waals surface area contributed by atoms with E-state index in [9.17, 15) is 31.5 Å². The summed E-state index contributed by atoms with van der Waals surface area (Å²) in [4.78, 5) is 31.1. The van der Waals surface area contributed by atoms with Crippen molar-refractivity contribution in [3.05, 3.63) is 41.5 Å². The smallest absolute Gasteiger partial charge is 0.389 e. The number of amides is 2. The van der Waals surface area contributed by atoms with Crippen molar-refractivity contribution in [1.82, 2.24) is 25.6 Å². The van der Waals surface area contributed by atoms with Crippen LogP contribution in [-0.2, 0) is 27.4 Å². The lowest BCUT2D eigenvalue weighted by Crippen LogP contribution is -2.41. The van der Waals surface area contributed by atoms with Crippen molar-refractivity contribution < 1.29 is 36.3 Å². The van der Waals surface area contributed by atoms with Crippen molar-refractivity contribution >= 4 is 22.8 Å². The van der Waals surface area contributed by atoms with E-state index in [-0.39, 0.29) is 25.3 Å². The van der Waals surface area contributed by atoms with Crippen molar-refractivity contribution in [2.45, 2.75) is 38.7 Å². The second-order valence-electron chi connectivity index (χ2n) is 6.99. The number of carbonyl (C=O) groups is 2. The number of aromatic amines is 1. The first-order valence-electron chi connectivity index (χ1n) is 9.91. The van der Waals surface area contributed by atoms with Crippen LogP contribution in [0.3, 0.4) is 0 Å². The summed E-state index contributed by atoms with van der Waals surface area (Å²) in [6.45, 7) is -3.61. The molecule has 7 N–H and O–H groups in total. The van der Waals surface area contributed by atoms with E-state index < -0.39 is 44.1 Å². The number of fused-ring (bicyclic) bond motifs is 1. The van der Waals surface area contributed by atoms with E-state index in [0.29, 0.717) is 22.4 Å². The predicted molar refractivity (Wildman–Crippen MR) is 110 cm³/mol. The van der Waals surface area contributed by atoms with Crippen LogP contribution in [0.25, 0.3) is 11.0 Å². The Morgan fingerprint density at radius 1 is 1.24 bits per heavy atom. The highest BCUT2D eigenvalue weighted by molar-refractivity contribution is 5.92. The maximum atomic E-state index is 12.3. The molecule has 0 radical (unpaired) electrons. The second kappa shape index (κ2) is 12.1. The minimum Gasteiger partial charge on any atom is -0.403 e. The lowest BCUT2D eigenvalue weighted by atomic mass is 10.2. The molecule has 2 aromatic rings. The van der Waals surface area contributed by atoms with Crippen molar-refractivity contribution in [1.29, 1.82) is 0 Å². The zero-order valence-electron chi connectivity index (χ0n) is 17.8. The van der Waals surface area contributed by atoms with E-state index in [1.165, 1.54) is 0 Å². The summed E-state index contributed by atoms with van der Waals surface area (Å²) in [6.07, 6.45) is -5.33. The molecule has 34 heavy (non-hydrogen) atoms. The SMILES string of the molecule is N/C=C(/C(=O)NCc1nc2ccc(CNC(=O)CCC(F)(F)F)cc2[nH]1)N(N)CCOC(F)F. The Balaban J connectivity index is 1.89. The van der Waals surface area contributed by atoms with E-state index >= 15 is 0 Å². The highest BCUT2D eigenvalue weighted by Crippen LogP contribution is 2.21. The molecule has 1 heterocycles. The van der Waals surface area contributed by atoms with E-state index in [1.54, 1.807) is 18.2 Å². The Bertz CT molecular complexity index is 1010. The highest BCUT2D eigenvalue weighted by atomic mass is 19.4. The molecule has 0 bridgehead atoms. The quantitative estimate of drug-likeness (QED) is 0.130. The third-order valence-corrected chi connectivity index (χ3v) is 4.41. The Morgan fingerprint density at radius 2 is 1.97 bits per heavy atom. The Kier molecular flexibility index (Phi) is 9.56. The Labute approximate surface area is 190 Å². The first kappa shape index (κ1) is 26.8. The molecule has 15 heteroatoms. The molecule has 0 aliphatic carbocycles. The number of benzene rings is 1. The fraction of sp³-hybridized carbons (Fsp3) is 0.421. The van der Waals surface area contributed by atoms with E-state index in [0.717, 1.165) is 11.2 Å². The number of halogens is 5. The fourth-order valence-corrected chi connectivity index (χ4v) is 2.76. The first-order chi connectivity index (χ1) is 16.0. The van der Waals surface area contributed by atoms with Gasteiger partial charge in [-0.2, -0.15) is 22.0 Å². The molecule has 0 saturated carbocycles. The lowest BCUT2D eigenvalue weighted by molar-refractivity contribution is -0.144. The van der Waals surface area contributed by atoms with Gasteiger partial charge in [0, 0.05) is 19.2 Å². The number of nitrogens with one attached hydrogen (secondary N) is 3. The molecule has 1 aromatic heterocycles. The number of ether oxygens (including phenoxy) is 1. The van der Waals surface area contributed by atoms with Crippen molar-refractivity contribution in [3.8, 4) is 0 Å². The average molecular weight is 493 g/mol. The summed E-state index contributed by atoms with van der Waals surface area (Å²) < 4.78 is 64.7. The summed E-state index contributed by atoms with van der Waals surface area (Å²) in [5, 5.41) is 5.82. The van der Waals surface area contributed by atoms with Crippen LogP contribution in [0, 0.1) is 0 Å². The van der Waals surface area contributed by atoms with Gasteiger partial charge in [-0.1, -0.05) is 6.07 Å². The summed E-state index contributed by atoms with van der Waals surface area (Å²) in [6, 6.07) is 4.95. The van der Waals surface area contributed by atoms with Gasteiger partial charge in [0.15, 0.2) is 0 Å². The van der Waals surface area contributed by atoms with Gasteiger partial charge in [0.05, 0.1) is 37.2 Å². The van der Waals surface area contributed by atoms with Crippen molar-refractivity contribution in [2.24, 2.45) is 11.6 Å². The maximum absolute atomic E-state index is 12.3. The topological polar surface area (TPSA) is 151 Å². The molecule has 2 amide bonds. The van der Waals surface area contributed by atoms with Gasteiger partial charge in [-0.25, -0.2) is 10.8 Å². The molecular weight excluding hydrogens is 469 g/mol. The molecular formula is C19H24F5N7O3. The maximum Gasteiger partial charge on any atom is 0.389 e. The van der Waals surface area contributed by atoms with Gasteiger partial charge < -0.3 is 31.1 Å². The van der Waals surface area contributed by atoms with Crippen LogP contribution in [0.15, 0.2) is 30.1 Å². The number of nitrogens with zero attached hydrogens (tertiary/aromatic N) is 2. The van der Waals surface area contributed by atoms with E-state index in [4.69, 9.17) is 11.6 Å². The molecule has 188 valence electrons. The average Bonchev–Trinajstić information content (AvgIpc) is 3.16. The van der Waals surface area contributed by atoms with Gasteiger partial charge in [-0.15, -0.1) is 0 Å². The third kappa shape index (κ3) is 8.82. The van der Waals surface area contributed by atoms with Gasteiger partial charge in [0.2, 0.25) is 5.91 Å². The van der Waals surface area contributed by atoms with Gasteiger partial charge in [0.1, 0.15) is 11.5 Å². The van der Waals surface area contributed by atoms with Crippen LogP contribution < -0.4 is 22.2 Å². The number of alkyl halides is 5. The van der Waals surface area contributed by atoms with Crippen LogP contribution in [0.4, 0.5) is 22.0 Å². The second-order valence-corrected chi connectivity index (χ2v) is 6.99. The van der Waals surface area contributed by atoms with Crippen LogP contribution in [0.5, 0.6) is 0 Å². The fourth-order valence-electron chi connectivity index (χ4n) is 2.76. The van der Waals surface area contributed by atoms with Crippen LogP contribution in [0.2, 0.25) is 0 Å². The molecule has 2 rings (SSSR count). The monoisotopic (exact) mass is 493 g/mol. The van der Waals surface area contributed by atoms with Gasteiger partial charge in [0.25, 0.3) is 5.91 Å². The number of nitrogens with two attached hydrogens (primary N) is 2. The Hall–Kier alpha value is -3.46. The molecule has 0 spiro atoms. The molecule has 0 unspecified atom stereocenters. The standard InChI is InChI=1S/C19H24F5N7O3/c20-18(21)34-6-5-31(26)14(8-25)17(33)28-10-15-29-12-2-1-11(7-13(12)30-15)9-27-16(32)3-4-19(22,23)24/h1-2,7-8,18H,3-6,9-10,25-26H2,(H,27,32)(H,28,33)(H,29,30)/b14-8-. The van der Waals surface area contributed by atoms with Crippen molar-refractivity contribution in [2.75, 3.05) is 13.2 Å². The highest BCUT2D eigenvalue weighted by Gasteiger charge is 2.27. The molecule has 1 aromatic carbocycles. The van der Waals surface area contributed by atoms with Crippen molar-refractivity contribution in [3.63, 3.8) is 0 Å². The zero-order chi connectivity index (χ0) is 25.3. The van der Waals surface area contributed by atoms with E-state index in [1.807, 2.05) is 0 Å². The van der Waals surface area contributed by atoms with Gasteiger partial charge in [-0.05, 0) is 17.7 Å². The van der Waals surface area contributed by atoms with Gasteiger partial charge in [-0.3, -0.25) is 9.59 Å². The number of aromatic nitrogens is 2. The number of hydrazine groups is 1. The number of imidazole rings is 1. The summed E-state index contributed by atoms with van der Waals surface area (Å²) >= 11 is 0. The first-order valence-corrected chi connectivity index (χ1v) is 9.91. The van der Waals surface area contributed by atoms with E-state index in [2.05, 4.69) is 25.3 Å². The minimum absolute atomic E-state index is 0.0317. The number of hydrogen-bond donors (Lipinski definition) is 5. The Morgan fingerprint density at radius 3 is 2.62 bits per heavy atom. The molecule has 10 nitrogen and oxygen atoms in total. The lowest BCUT2D eigenvalue weighted by Gasteiger charge is -2.20. The number of hydrogen-bond acceptors (Lipinski definition) is 7. The number of H-pyrrole nitrogens is 1. The predicted octanol–water partition coefficient (Wildman–Crippen LogP) is 1.35.